The third kappa shape index (κ3) is 9.26. The van der Waals surface area contributed by atoms with E-state index in [2.05, 4.69) is 17.6 Å². The van der Waals surface area contributed by atoms with E-state index in [9.17, 15) is 24.1 Å². The van der Waals surface area contributed by atoms with Crippen LogP contribution < -0.4 is 15.5 Å². The number of benzene rings is 2. The molecule has 0 bridgehead atoms. The van der Waals surface area contributed by atoms with Crippen molar-refractivity contribution in [3.8, 4) is 0 Å². The van der Waals surface area contributed by atoms with Crippen molar-refractivity contribution in [3.63, 3.8) is 0 Å². The summed E-state index contributed by atoms with van der Waals surface area (Å²) in [5.74, 6) is -0.498. The molecular formula is C24H31FN4O4. The van der Waals surface area contributed by atoms with Crippen LogP contribution in [0.4, 0.5) is 26.2 Å². The molecule has 0 fully saturated rings. The van der Waals surface area contributed by atoms with Gasteiger partial charge in [-0.3, -0.25) is 19.8 Å². The van der Waals surface area contributed by atoms with Crippen LogP contribution in [-0.4, -0.2) is 30.0 Å². The number of hydrogen-bond acceptors (Lipinski definition) is 4. The zero-order valence-electron chi connectivity index (χ0n) is 18.9. The predicted octanol–water partition coefficient (Wildman–Crippen LogP) is 5.64. The Morgan fingerprint density at radius 1 is 0.970 bits per heavy atom. The molecule has 3 amide bonds. The first-order valence-corrected chi connectivity index (χ1v) is 11.3. The number of carbonyl (C=O) groups excluding carboxylic acids is 2. The molecule has 2 aromatic carbocycles. The molecule has 0 heterocycles. The molecule has 0 aliphatic heterocycles. The number of carbonyl (C=O) groups is 2. The highest BCUT2D eigenvalue weighted by Gasteiger charge is 2.17. The van der Waals surface area contributed by atoms with Crippen LogP contribution in [0.1, 0.15) is 51.9 Å². The smallest absolute Gasteiger partial charge is 0.326 e. The van der Waals surface area contributed by atoms with E-state index in [4.69, 9.17) is 0 Å². The van der Waals surface area contributed by atoms with Gasteiger partial charge in [-0.05, 0) is 42.8 Å². The fourth-order valence-electron chi connectivity index (χ4n) is 3.29. The molecule has 0 aliphatic rings. The Morgan fingerprint density at radius 2 is 1.61 bits per heavy atom. The highest BCUT2D eigenvalue weighted by Crippen LogP contribution is 2.19. The minimum absolute atomic E-state index is 0.0691. The number of nitrogens with zero attached hydrogens (tertiary/aromatic N) is 2. The number of nitro benzene ring substituents is 1. The van der Waals surface area contributed by atoms with Crippen molar-refractivity contribution in [2.75, 3.05) is 23.3 Å². The highest BCUT2D eigenvalue weighted by molar-refractivity contribution is 6.01. The van der Waals surface area contributed by atoms with Crippen LogP contribution in [0, 0.1) is 15.9 Å². The summed E-state index contributed by atoms with van der Waals surface area (Å²) < 4.78 is 13.3. The number of non-ortho nitro benzene ring substituents is 1. The molecule has 0 saturated heterocycles. The van der Waals surface area contributed by atoms with Gasteiger partial charge in [0.25, 0.3) is 5.69 Å². The maximum atomic E-state index is 13.3. The van der Waals surface area contributed by atoms with Gasteiger partial charge in [-0.2, -0.15) is 0 Å². The monoisotopic (exact) mass is 458 g/mol. The summed E-state index contributed by atoms with van der Waals surface area (Å²) >= 11 is 0. The van der Waals surface area contributed by atoms with Crippen molar-refractivity contribution in [2.24, 2.45) is 0 Å². The second-order valence-electron chi connectivity index (χ2n) is 7.73. The van der Waals surface area contributed by atoms with Crippen LogP contribution in [-0.2, 0) is 4.79 Å². The molecule has 8 nitrogen and oxygen atoms in total. The maximum Gasteiger partial charge on any atom is 0.326 e. The van der Waals surface area contributed by atoms with Gasteiger partial charge in [-0.15, -0.1) is 0 Å². The Labute approximate surface area is 193 Å². The van der Waals surface area contributed by atoms with E-state index in [1.165, 1.54) is 72.7 Å². The van der Waals surface area contributed by atoms with Crippen molar-refractivity contribution < 1.29 is 18.9 Å². The first kappa shape index (κ1) is 25.8. The summed E-state index contributed by atoms with van der Waals surface area (Å²) in [5, 5.41) is 16.3. The van der Waals surface area contributed by atoms with E-state index in [-0.39, 0.29) is 24.7 Å². The van der Waals surface area contributed by atoms with Crippen LogP contribution in [0.5, 0.6) is 0 Å². The van der Waals surface area contributed by atoms with Gasteiger partial charge in [0.1, 0.15) is 5.82 Å². The topological polar surface area (TPSA) is 105 Å². The van der Waals surface area contributed by atoms with Crippen molar-refractivity contribution >= 4 is 29.0 Å². The van der Waals surface area contributed by atoms with Gasteiger partial charge in [0.2, 0.25) is 5.91 Å². The van der Waals surface area contributed by atoms with E-state index in [0.717, 1.165) is 19.3 Å². The van der Waals surface area contributed by atoms with E-state index >= 15 is 0 Å². The van der Waals surface area contributed by atoms with Crippen LogP contribution in [0.25, 0.3) is 0 Å². The Morgan fingerprint density at radius 3 is 2.24 bits per heavy atom. The molecule has 0 unspecified atom stereocenters. The maximum absolute atomic E-state index is 13.3. The first-order valence-electron chi connectivity index (χ1n) is 11.3. The molecule has 33 heavy (non-hydrogen) atoms. The average molecular weight is 459 g/mol. The van der Waals surface area contributed by atoms with E-state index in [1.54, 1.807) is 0 Å². The quantitative estimate of drug-likeness (QED) is 0.230. The molecule has 178 valence electrons. The van der Waals surface area contributed by atoms with Gasteiger partial charge in [-0.25, -0.2) is 9.18 Å². The Kier molecular flexibility index (Phi) is 10.8. The van der Waals surface area contributed by atoms with Crippen LogP contribution >= 0.6 is 0 Å². The van der Waals surface area contributed by atoms with Crippen LogP contribution in [0.3, 0.4) is 0 Å². The molecule has 0 aliphatic carbocycles. The lowest BCUT2D eigenvalue weighted by molar-refractivity contribution is -0.384. The molecular weight excluding hydrogens is 427 g/mol. The van der Waals surface area contributed by atoms with Crippen LogP contribution in [0.15, 0.2) is 48.5 Å². The SMILES string of the molecule is CCCCCCCCC(=O)NCCN(C(=O)Nc1ccc([N+](=O)[O-])cc1)c1ccc(F)cc1. The van der Waals surface area contributed by atoms with Crippen molar-refractivity contribution in [3.05, 3.63) is 64.5 Å². The number of rotatable bonds is 13. The lowest BCUT2D eigenvalue weighted by Crippen LogP contribution is -2.41. The predicted molar refractivity (Wildman–Crippen MR) is 127 cm³/mol. The number of hydrogen-bond donors (Lipinski definition) is 2. The zero-order valence-corrected chi connectivity index (χ0v) is 18.9. The molecule has 2 aromatic rings. The second kappa shape index (κ2) is 13.8. The first-order chi connectivity index (χ1) is 15.9. The minimum atomic E-state index is -0.524. The summed E-state index contributed by atoms with van der Waals surface area (Å²) in [6.07, 6.45) is 7.01. The van der Waals surface area contributed by atoms with Crippen molar-refractivity contribution in [2.45, 2.75) is 51.9 Å². The number of unbranched alkanes of at least 4 members (excludes halogenated alkanes) is 5. The lowest BCUT2D eigenvalue weighted by atomic mass is 10.1. The van der Waals surface area contributed by atoms with Gasteiger partial charge in [0.05, 0.1) is 4.92 Å². The minimum Gasteiger partial charge on any atom is -0.354 e. The number of halogens is 1. The lowest BCUT2D eigenvalue weighted by Gasteiger charge is -2.23. The molecule has 9 heteroatoms. The fraction of sp³-hybridized carbons (Fsp3) is 0.417. The molecule has 0 radical (unpaired) electrons. The third-order valence-electron chi connectivity index (χ3n) is 5.13. The molecule has 0 atom stereocenters. The van der Waals surface area contributed by atoms with E-state index in [0.29, 0.717) is 17.8 Å². The summed E-state index contributed by atoms with van der Waals surface area (Å²) in [7, 11) is 0. The molecule has 0 aromatic heterocycles. The Balaban J connectivity index is 1.91. The van der Waals surface area contributed by atoms with Crippen molar-refractivity contribution in [1.82, 2.24) is 5.32 Å². The fourth-order valence-corrected chi connectivity index (χ4v) is 3.29. The summed E-state index contributed by atoms with van der Waals surface area (Å²) in [6.45, 7) is 2.57. The van der Waals surface area contributed by atoms with Gasteiger partial charge in [-0.1, -0.05) is 39.0 Å². The number of amides is 3. The van der Waals surface area contributed by atoms with E-state index < -0.39 is 16.8 Å². The number of nitro groups is 1. The Bertz CT molecular complexity index is 904. The number of nitrogens with one attached hydrogen (secondary N) is 2. The number of anilines is 2. The zero-order chi connectivity index (χ0) is 24.1. The van der Waals surface area contributed by atoms with Gasteiger partial charge < -0.3 is 10.6 Å². The standard InChI is InChI=1S/C24H31FN4O4/c1-2-3-4-5-6-7-8-23(30)26-17-18-28(21-13-9-19(25)10-14-21)24(31)27-20-11-15-22(16-12-20)29(32)33/h9-16H,2-8,17-18H2,1H3,(H,26,30)(H,27,31). The third-order valence-corrected chi connectivity index (χ3v) is 5.13. The summed E-state index contributed by atoms with van der Waals surface area (Å²) in [5.41, 5.74) is 0.752. The molecule has 2 N–H and O–H groups in total. The van der Waals surface area contributed by atoms with Gasteiger partial charge in [0, 0.05) is 43.0 Å². The number of urea groups is 1. The van der Waals surface area contributed by atoms with E-state index in [1.807, 2.05) is 0 Å². The van der Waals surface area contributed by atoms with Gasteiger partial charge >= 0.3 is 6.03 Å². The average Bonchev–Trinajstić information content (AvgIpc) is 2.80. The van der Waals surface area contributed by atoms with Gasteiger partial charge in [0.15, 0.2) is 0 Å². The van der Waals surface area contributed by atoms with Crippen molar-refractivity contribution in [1.29, 1.82) is 0 Å². The molecule has 0 spiro atoms. The molecule has 2 rings (SSSR count). The van der Waals surface area contributed by atoms with Crippen LogP contribution in [0.2, 0.25) is 0 Å². The Hall–Kier alpha value is -3.49. The normalized spacial score (nSPS) is 10.5. The summed E-state index contributed by atoms with van der Waals surface area (Å²) in [4.78, 5) is 36.6. The largest absolute Gasteiger partial charge is 0.354 e. The molecule has 0 saturated carbocycles. The summed E-state index contributed by atoms with van der Waals surface area (Å²) in [6, 6.07) is 10.4. The highest BCUT2D eigenvalue weighted by atomic mass is 19.1. The second-order valence-corrected chi connectivity index (χ2v) is 7.73.